The average Bonchev–Trinajstić information content (AvgIpc) is 2.60. The van der Waals surface area contributed by atoms with Crippen molar-refractivity contribution in [1.29, 1.82) is 0 Å². The van der Waals surface area contributed by atoms with Gasteiger partial charge in [-0.1, -0.05) is 13.3 Å². The van der Waals surface area contributed by atoms with E-state index in [9.17, 15) is 13.2 Å². The van der Waals surface area contributed by atoms with Crippen LogP contribution in [0.3, 0.4) is 0 Å². The Hall–Kier alpha value is -1.80. The summed E-state index contributed by atoms with van der Waals surface area (Å²) in [7, 11) is -3.33. The lowest BCUT2D eigenvalue weighted by Gasteiger charge is -2.19. The molecule has 0 aromatic heterocycles. The van der Waals surface area contributed by atoms with Crippen LogP contribution in [0.4, 0.5) is 5.69 Å². The summed E-state index contributed by atoms with van der Waals surface area (Å²) in [4.78, 5) is 11.8. The molecule has 0 aliphatic carbocycles. The zero-order chi connectivity index (χ0) is 20.3. The van der Waals surface area contributed by atoms with E-state index in [4.69, 9.17) is 4.74 Å². The van der Waals surface area contributed by atoms with Gasteiger partial charge in [-0.3, -0.25) is 15.6 Å². The van der Waals surface area contributed by atoms with Gasteiger partial charge in [-0.25, -0.2) is 13.1 Å². The first-order valence-electron chi connectivity index (χ1n) is 9.42. The third-order valence-electron chi connectivity index (χ3n) is 3.90. The lowest BCUT2D eigenvalue weighted by atomic mass is 10.2. The minimum Gasteiger partial charge on any atom is -0.494 e. The summed E-state index contributed by atoms with van der Waals surface area (Å²) in [5.41, 5.74) is 6.26. The van der Waals surface area contributed by atoms with Gasteiger partial charge < -0.3 is 4.74 Å². The van der Waals surface area contributed by atoms with Gasteiger partial charge in [-0.2, -0.15) is 0 Å². The van der Waals surface area contributed by atoms with Crippen molar-refractivity contribution in [3.05, 3.63) is 24.3 Å². The van der Waals surface area contributed by atoms with Gasteiger partial charge in [0.15, 0.2) is 0 Å². The van der Waals surface area contributed by atoms with Gasteiger partial charge >= 0.3 is 0 Å². The van der Waals surface area contributed by atoms with Crippen LogP contribution >= 0.6 is 0 Å². The molecule has 0 bridgehead atoms. The summed E-state index contributed by atoms with van der Waals surface area (Å²) in [6, 6.07) is 7.38. The fourth-order valence-electron chi connectivity index (χ4n) is 2.01. The fourth-order valence-corrected chi connectivity index (χ4v) is 2.85. The van der Waals surface area contributed by atoms with E-state index in [1.807, 2.05) is 24.3 Å². The molecule has 1 amide bonds. The molecule has 0 saturated carbocycles. The number of ether oxygens (including phenoxy) is 1. The topological polar surface area (TPSA) is 96.5 Å². The second-order valence-corrected chi connectivity index (χ2v) is 9.89. The number of benzene rings is 1. The Morgan fingerprint density at radius 1 is 1.07 bits per heavy atom. The van der Waals surface area contributed by atoms with Gasteiger partial charge in [0.1, 0.15) is 5.75 Å². The van der Waals surface area contributed by atoms with Crippen molar-refractivity contribution in [2.45, 2.75) is 64.5 Å². The maximum absolute atomic E-state index is 11.9. The number of hydrazine groups is 1. The fraction of sp³-hybridized carbons (Fsp3) is 0.632. The van der Waals surface area contributed by atoms with E-state index in [-0.39, 0.29) is 5.91 Å². The van der Waals surface area contributed by atoms with Gasteiger partial charge in [0, 0.05) is 13.0 Å². The van der Waals surface area contributed by atoms with Crippen molar-refractivity contribution < 1.29 is 17.9 Å². The average molecular weight is 400 g/mol. The summed E-state index contributed by atoms with van der Waals surface area (Å²) in [6.45, 7) is 8.10. The van der Waals surface area contributed by atoms with Crippen molar-refractivity contribution >= 4 is 21.6 Å². The molecule has 0 radical (unpaired) electrons. The molecule has 0 heterocycles. The van der Waals surface area contributed by atoms with Crippen LogP contribution in [0, 0.1) is 0 Å². The van der Waals surface area contributed by atoms with Crippen molar-refractivity contribution in [2.24, 2.45) is 0 Å². The van der Waals surface area contributed by atoms with E-state index in [0.717, 1.165) is 24.3 Å². The van der Waals surface area contributed by atoms with E-state index in [0.29, 0.717) is 32.4 Å². The molecule has 0 atom stereocenters. The lowest BCUT2D eigenvalue weighted by molar-refractivity contribution is -0.120. The minimum atomic E-state index is -3.33. The minimum absolute atomic E-state index is 0.142. The third-order valence-corrected chi connectivity index (χ3v) is 6.09. The van der Waals surface area contributed by atoms with Crippen LogP contribution in [-0.2, 0) is 14.8 Å². The Balaban J connectivity index is 2.20. The van der Waals surface area contributed by atoms with E-state index in [1.165, 1.54) is 0 Å². The van der Waals surface area contributed by atoms with Gasteiger partial charge in [-0.15, -0.1) is 0 Å². The van der Waals surface area contributed by atoms with Gasteiger partial charge in [0.2, 0.25) is 15.9 Å². The molecule has 8 heteroatoms. The quantitative estimate of drug-likeness (QED) is 0.370. The standard InChI is InChI=1S/C19H33N3O4S/c1-5-6-15-26-17-12-10-16(11-13-17)21-22-18(23)9-7-8-14-20-27(24,25)19(2,3)4/h10-13,20-21H,5-9,14-15H2,1-4H3,(H,22,23). The summed E-state index contributed by atoms with van der Waals surface area (Å²) < 4.78 is 31.1. The molecule has 0 fully saturated rings. The maximum atomic E-state index is 11.9. The van der Waals surface area contributed by atoms with Crippen LogP contribution in [0.1, 0.15) is 59.8 Å². The number of rotatable bonds is 12. The number of nitrogens with one attached hydrogen (secondary N) is 3. The number of carbonyl (C=O) groups is 1. The monoisotopic (exact) mass is 399 g/mol. The summed E-state index contributed by atoms with van der Waals surface area (Å²) in [5, 5.41) is 0. The number of hydrogen-bond donors (Lipinski definition) is 3. The number of carbonyl (C=O) groups excluding carboxylic acids is 1. The van der Waals surface area contributed by atoms with Gasteiger partial charge in [-0.05, 0) is 64.3 Å². The van der Waals surface area contributed by atoms with E-state index in [1.54, 1.807) is 20.8 Å². The molecule has 27 heavy (non-hydrogen) atoms. The van der Waals surface area contributed by atoms with Crippen molar-refractivity contribution in [3.63, 3.8) is 0 Å². The molecule has 0 saturated heterocycles. The Bertz CT molecular complexity index is 667. The SMILES string of the molecule is CCCCOc1ccc(NNC(=O)CCCCNS(=O)(=O)C(C)(C)C)cc1. The largest absolute Gasteiger partial charge is 0.494 e. The Morgan fingerprint density at radius 2 is 1.74 bits per heavy atom. The molecule has 7 nitrogen and oxygen atoms in total. The van der Waals surface area contributed by atoms with Crippen LogP contribution in [-0.4, -0.2) is 32.2 Å². The second-order valence-electron chi connectivity index (χ2n) is 7.37. The number of hydrogen-bond acceptors (Lipinski definition) is 5. The maximum Gasteiger partial charge on any atom is 0.238 e. The molecule has 1 rings (SSSR count). The van der Waals surface area contributed by atoms with Crippen molar-refractivity contribution in [2.75, 3.05) is 18.6 Å². The Labute approximate surface area is 163 Å². The number of anilines is 1. The first-order valence-corrected chi connectivity index (χ1v) is 10.9. The van der Waals surface area contributed by atoms with E-state index in [2.05, 4.69) is 22.5 Å². The molecule has 1 aromatic rings. The molecule has 0 unspecified atom stereocenters. The van der Waals surface area contributed by atoms with Crippen LogP contribution in [0.15, 0.2) is 24.3 Å². The normalized spacial score (nSPS) is 11.9. The van der Waals surface area contributed by atoms with Gasteiger partial charge in [0.05, 0.1) is 17.0 Å². The lowest BCUT2D eigenvalue weighted by Crippen LogP contribution is -2.39. The highest BCUT2D eigenvalue weighted by molar-refractivity contribution is 7.90. The van der Waals surface area contributed by atoms with Crippen LogP contribution in [0.25, 0.3) is 0 Å². The summed E-state index contributed by atoms with van der Waals surface area (Å²) in [6.07, 6.45) is 3.64. The third kappa shape index (κ3) is 9.10. The van der Waals surface area contributed by atoms with Crippen molar-refractivity contribution in [3.8, 4) is 5.75 Å². The zero-order valence-corrected chi connectivity index (χ0v) is 17.6. The smallest absolute Gasteiger partial charge is 0.238 e. The first kappa shape index (κ1) is 23.2. The highest BCUT2D eigenvalue weighted by atomic mass is 32.2. The Morgan fingerprint density at radius 3 is 2.33 bits per heavy atom. The predicted octanol–water partition coefficient (Wildman–Crippen LogP) is 3.20. The van der Waals surface area contributed by atoms with Crippen LogP contribution < -0.4 is 20.3 Å². The molecule has 0 aliphatic rings. The second kappa shape index (κ2) is 11.1. The number of amides is 1. The molecular formula is C19H33N3O4S. The summed E-state index contributed by atoms with van der Waals surface area (Å²) in [5.74, 6) is 0.662. The number of sulfonamides is 1. The highest BCUT2D eigenvalue weighted by Crippen LogP contribution is 2.15. The molecule has 154 valence electrons. The molecule has 1 aromatic carbocycles. The molecular weight excluding hydrogens is 366 g/mol. The molecule has 0 aliphatic heterocycles. The highest BCUT2D eigenvalue weighted by Gasteiger charge is 2.27. The van der Waals surface area contributed by atoms with Gasteiger partial charge in [0.25, 0.3) is 0 Å². The summed E-state index contributed by atoms with van der Waals surface area (Å²) >= 11 is 0. The molecule has 3 N–H and O–H groups in total. The molecule has 0 spiro atoms. The van der Waals surface area contributed by atoms with Crippen LogP contribution in [0.2, 0.25) is 0 Å². The van der Waals surface area contributed by atoms with E-state index >= 15 is 0 Å². The van der Waals surface area contributed by atoms with Crippen LogP contribution in [0.5, 0.6) is 5.75 Å². The van der Waals surface area contributed by atoms with E-state index < -0.39 is 14.8 Å². The van der Waals surface area contributed by atoms with Crippen molar-refractivity contribution in [1.82, 2.24) is 10.1 Å². The Kier molecular flexibility index (Phi) is 9.59. The first-order chi connectivity index (χ1) is 12.7. The zero-order valence-electron chi connectivity index (χ0n) is 16.8. The predicted molar refractivity (Wildman–Crippen MR) is 109 cm³/mol. The number of unbranched alkanes of at least 4 members (excludes halogenated alkanes) is 2.